The van der Waals surface area contributed by atoms with Gasteiger partial charge < -0.3 is 15.0 Å². The Hall–Kier alpha value is -0.120. The predicted molar refractivity (Wildman–Crippen MR) is 62.1 cm³/mol. The molecular formula is C12H24N2O. The maximum absolute atomic E-state index is 5.23. The summed E-state index contributed by atoms with van der Waals surface area (Å²) in [6.07, 6.45) is 4.22. The molecule has 0 amide bonds. The van der Waals surface area contributed by atoms with E-state index in [1.165, 1.54) is 38.9 Å². The van der Waals surface area contributed by atoms with Gasteiger partial charge in [-0.05, 0) is 25.9 Å². The van der Waals surface area contributed by atoms with E-state index in [1.807, 2.05) is 0 Å². The summed E-state index contributed by atoms with van der Waals surface area (Å²) >= 11 is 0. The molecule has 2 aliphatic heterocycles. The molecule has 3 nitrogen and oxygen atoms in total. The number of hydrogen-bond acceptors (Lipinski definition) is 3. The van der Waals surface area contributed by atoms with Crippen LogP contribution in [0.5, 0.6) is 0 Å². The first-order chi connectivity index (χ1) is 7.29. The Labute approximate surface area is 93.2 Å². The molecule has 0 aromatic carbocycles. The van der Waals surface area contributed by atoms with Gasteiger partial charge in [-0.25, -0.2) is 0 Å². The van der Waals surface area contributed by atoms with E-state index in [0.29, 0.717) is 5.41 Å². The van der Waals surface area contributed by atoms with E-state index in [9.17, 15) is 0 Å². The van der Waals surface area contributed by atoms with Crippen LogP contribution in [-0.2, 0) is 4.74 Å². The van der Waals surface area contributed by atoms with Gasteiger partial charge in [0.15, 0.2) is 0 Å². The molecule has 3 heteroatoms. The quantitative estimate of drug-likeness (QED) is 0.691. The van der Waals surface area contributed by atoms with Crippen molar-refractivity contribution >= 4 is 0 Å². The van der Waals surface area contributed by atoms with E-state index < -0.39 is 0 Å². The van der Waals surface area contributed by atoms with E-state index in [1.54, 1.807) is 0 Å². The van der Waals surface area contributed by atoms with Gasteiger partial charge in [0.2, 0.25) is 0 Å². The monoisotopic (exact) mass is 212 g/mol. The van der Waals surface area contributed by atoms with Crippen LogP contribution in [0.4, 0.5) is 0 Å². The molecule has 0 aliphatic carbocycles. The first-order valence-corrected chi connectivity index (χ1v) is 6.29. The lowest BCUT2D eigenvalue weighted by Gasteiger charge is -2.38. The summed E-state index contributed by atoms with van der Waals surface area (Å²) in [5.41, 5.74) is 0.419. The Bertz CT molecular complexity index is 186. The van der Waals surface area contributed by atoms with Gasteiger partial charge in [0.1, 0.15) is 0 Å². The van der Waals surface area contributed by atoms with Crippen LogP contribution in [0, 0.1) is 5.41 Å². The van der Waals surface area contributed by atoms with Gasteiger partial charge in [0, 0.05) is 25.0 Å². The van der Waals surface area contributed by atoms with Crippen molar-refractivity contribution in [3.05, 3.63) is 0 Å². The van der Waals surface area contributed by atoms with Crippen LogP contribution in [0.2, 0.25) is 0 Å². The Morgan fingerprint density at radius 3 is 2.53 bits per heavy atom. The van der Waals surface area contributed by atoms with Crippen molar-refractivity contribution in [3.8, 4) is 0 Å². The number of nitrogens with zero attached hydrogens (tertiary/aromatic N) is 1. The smallest absolute Gasteiger partial charge is 0.0554 e. The van der Waals surface area contributed by atoms with E-state index in [4.69, 9.17) is 4.74 Å². The lowest BCUT2D eigenvalue weighted by Crippen LogP contribution is -2.48. The van der Waals surface area contributed by atoms with Gasteiger partial charge in [0.25, 0.3) is 0 Å². The van der Waals surface area contributed by atoms with Gasteiger partial charge in [-0.2, -0.15) is 0 Å². The van der Waals surface area contributed by atoms with Crippen molar-refractivity contribution in [2.75, 3.05) is 45.9 Å². The predicted octanol–water partition coefficient (Wildman–Crippen LogP) is 1.10. The fraction of sp³-hybridized carbons (Fsp3) is 1.00. The largest absolute Gasteiger partial charge is 0.380 e. The minimum atomic E-state index is 0.419. The molecule has 2 rings (SSSR count). The number of ether oxygens (including phenoxy) is 1. The lowest BCUT2D eigenvalue weighted by atomic mass is 9.89. The highest BCUT2D eigenvalue weighted by atomic mass is 16.5. The van der Waals surface area contributed by atoms with Crippen LogP contribution >= 0.6 is 0 Å². The second kappa shape index (κ2) is 5.28. The summed E-state index contributed by atoms with van der Waals surface area (Å²) in [7, 11) is 0. The number of rotatable bonds is 5. The second-order valence-corrected chi connectivity index (χ2v) is 5.38. The fourth-order valence-corrected chi connectivity index (χ4v) is 2.36. The van der Waals surface area contributed by atoms with E-state index in [-0.39, 0.29) is 0 Å². The molecule has 0 radical (unpaired) electrons. The summed E-state index contributed by atoms with van der Waals surface area (Å²) < 4.78 is 5.23. The molecule has 2 heterocycles. The van der Waals surface area contributed by atoms with Gasteiger partial charge in [-0.1, -0.05) is 13.3 Å². The van der Waals surface area contributed by atoms with Crippen LogP contribution in [-0.4, -0.2) is 50.8 Å². The summed E-state index contributed by atoms with van der Waals surface area (Å²) in [6.45, 7) is 10.2. The Morgan fingerprint density at radius 2 is 1.93 bits per heavy atom. The van der Waals surface area contributed by atoms with Crippen molar-refractivity contribution in [2.24, 2.45) is 5.41 Å². The molecular weight excluding hydrogens is 188 g/mol. The first-order valence-electron chi connectivity index (χ1n) is 6.29. The maximum Gasteiger partial charge on any atom is 0.0554 e. The fourth-order valence-electron chi connectivity index (χ4n) is 2.36. The number of hydrogen-bond donors (Lipinski definition) is 1. The van der Waals surface area contributed by atoms with Crippen LogP contribution in [0.1, 0.15) is 26.2 Å². The molecule has 88 valence electrons. The zero-order valence-corrected chi connectivity index (χ0v) is 9.93. The van der Waals surface area contributed by atoms with Gasteiger partial charge in [-0.15, -0.1) is 0 Å². The zero-order valence-electron chi connectivity index (χ0n) is 9.93. The normalized spacial score (nSPS) is 26.2. The summed E-state index contributed by atoms with van der Waals surface area (Å²) in [5.74, 6) is 0. The van der Waals surface area contributed by atoms with Gasteiger partial charge in [-0.3, -0.25) is 0 Å². The third-order valence-corrected chi connectivity index (χ3v) is 3.51. The Morgan fingerprint density at radius 1 is 1.20 bits per heavy atom. The van der Waals surface area contributed by atoms with Crippen molar-refractivity contribution in [1.82, 2.24) is 10.2 Å². The van der Waals surface area contributed by atoms with Crippen molar-refractivity contribution in [1.29, 1.82) is 0 Å². The van der Waals surface area contributed by atoms with Crippen LogP contribution in [0.15, 0.2) is 0 Å². The zero-order chi connectivity index (χ0) is 10.6. The first kappa shape index (κ1) is 11.4. The molecule has 0 bridgehead atoms. The number of piperidine rings is 1. The molecule has 0 saturated carbocycles. The van der Waals surface area contributed by atoms with Gasteiger partial charge >= 0.3 is 0 Å². The van der Waals surface area contributed by atoms with Gasteiger partial charge in [0.05, 0.1) is 13.2 Å². The second-order valence-electron chi connectivity index (χ2n) is 5.38. The SMILES string of the molecule is CC1(CNCCN2CCCCC2)COC1. The molecule has 2 saturated heterocycles. The molecule has 2 aliphatic rings. The maximum atomic E-state index is 5.23. The van der Waals surface area contributed by atoms with Crippen LogP contribution in [0.25, 0.3) is 0 Å². The topological polar surface area (TPSA) is 24.5 Å². The average molecular weight is 212 g/mol. The number of likely N-dealkylation sites (tertiary alicyclic amines) is 1. The van der Waals surface area contributed by atoms with E-state index in [2.05, 4.69) is 17.1 Å². The standard InChI is InChI=1S/C12H24N2O/c1-12(10-15-11-12)9-13-5-8-14-6-3-2-4-7-14/h13H,2-11H2,1H3. The minimum Gasteiger partial charge on any atom is -0.380 e. The molecule has 0 atom stereocenters. The highest BCUT2D eigenvalue weighted by Gasteiger charge is 2.32. The molecule has 0 aromatic rings. The van der Waals surface area contributed by atoms with Crippen molar-refractivity contribution < 1.29 is 4.74 Å². The van der Waals surface area contributed by atoms with Crippen LogP contribution < -0.4 is 5.32 Å². The summed E-state index contributed by atoms with van der Waals surface area (Å²) in [4.78, 5) is 2.58. The molecule has 0 unspecified atom stereocenters. The van der Waals surface area contributed by atoms with Crippen molar-refractivity contribution in [3.63, 3.8) is 0 Å². The molecule has 2 fully saturated rings. The average Bonchev–Trinajstić information content (AvgIpc) is 2.23. The Balaban J connectivity index is 1.50. The third kappa shape index (κ3) is 3.44. The van der Waals surface area contributed by atoms with E-state index >= 15 is 0 Å². The highest BCUT2D eigenvalue weighted by molar-refractivity contribution is 4.82. The highest BCUT2D eigenvalue weighted by Crippen LogP contribution is 2.24. The van der Waals surface area contributed by atoms with Crippen LogP contribution in [0.3, 0.4) is 0 Å². The third-order valence-electron chi connectivity index (χ3n) is 3.51. The van der Waals surface area contributed by atoms with E-state index in [0.717, 1.165) is 26.3 Å². The lowest BCUT2D eigenvalue weighted by molar-refractivity contribution is -0.0990. The Kier molecular flexibility index (Phi) is 4.00. The molecule has 0 spiro atoms. The summed E-state index contributed by atoms with van der Waals surface area (Å²) in [6, 6.07) is 0. The molecule has 0 aromatic heterocycles. The molecule has 1 N–H and O–H groups in total. The molecule has 15 heavy (non-hydrogen) atoms. The van der Waals surface area contributed by atoms with Crippen molar-refractivity contribution in [2.45, 2.75) is 26.2 Å². The number of nitrogens with one attached hydrogen (secondary N) is 1. The summed E-state index contributed by atoms with van der Waals surface area (Å²) in [5, 5.41) is 3.55. The minimum absolute atomic E-state index is 0.419.